The van der Waals surface area contributed by atoms with Crippen molar-refractivity contribution in [1.29, 1.82) is 0 Å². The standard InChI is InChI=1S/C34H44N2O3/c1-33-19-8-11-27(33)25-16-17-29-34(2,28(25)18-20-33)21-26(32(38)36(29)3)31(37)35-30(22-9-6-5-7-10-22)23-12-14-24(39-4)15-13-23/h5-7,9-10,12-15,25-30H,8,11,16-21H2,1-4H3,(H,35,37)/t25-,26?,27-,28+,29?,30?,33-,34+/m0/s1. The van der Waals surface area contributed by atoms with E-state index in [0.717, 1.165) is 35.1 Å². The van der Waals surface area contributed by atoms with Gasteiger partial charge in [0.25, 0.3) is 0 Å². The normalized spacial score (nSPS) is 36.4. The quantitative estimate of drug-likeness (QED) is 0.458. The minimum Gasteiger partial charge on any atom is -0.497 e. The van der Waals surface area contributed by atoms with Crippen LogP contribution in [0.2, 0.25) is 0 Å². The van der Waals surface area contributed by atoms with Gasteiger partial charge >= 0.3 is 0 Å². The number of hydrogen-bond acceptors (Lipinski definition) is 3. The van der Waals surface area contributed by atoms with Gasteiger partial charge in [0.1, 0.15) is 11.7 Å². The molecule has 0 bridgehead atoms. The number of rotatable bonds is 5. The van der Waals surface area contributed by atoms with Crippen LogP contribution in [0.5, 0.6) is 5.75 Å². The molecule has 2 aromatic carbocycles. The summed E-state index contributed by atoms with van der Waals surface area (Å²) in [6.07, 6.45) is 9.57. The van der Waals surface area contributed by atoms with Crippen LogP contribution in [0.3, 0.4) is 0 Å². The van der Waals surface area contributed by atoms with Crippen LogP contribution < -0.4 is 10.1 Å². The average molecular weight is 529 g/mol. The fourth-order valence-electron chi connectivity index (χ4n) is 9.53. The van der Waals surface area contributed by atoms with Crippen molar-refractivity contribution in [3.63, 3.8) is 0 Å². The van der Waals surface area contributed by atoms with Crippen LogP contribution in [0, 0.1) is 34.5 Å². The van der Waals surface area contributed by atoms with E-state index in [9.17, 15) is 9.59 Å². The molecule has 4 aliphatic rings. The van der Waals surface area contributed by atoms with E-state index in [1.807, 2.05) is 66.5 Å². The van der Waals surface area contributed by atoms with Gasteiger partial charge < -0.3 is 15.0 Å². The smallest absolute Gasteiger partial charge is 0.235 e. The Balaban J connectivity index is 1.28. The number of piperidine rings is 1. The van der Waals surface area contributed by atoms with Gasteiger partial charge in [0.2, 0.25) is 11.8 Å². The Morgan fingerprint density at radius 3 is 2.38 bits per heavy atom. The number of methoxy groups -OCH3 is 1. The summed E-state index contributed by atoms with van der Waals surface area (Å²) in [6, 6.07) is 17.8. The van der Waals surface area contributed by atoms with Gasteiger partial charge in [0, 0.05) is 13.1 Å². The van der Waals surface area contributed by atoms with Crippen LogP contribution in [0.4, 0.5) is 0 Å². The van der Waals surface area contributed by atoms with Gasteiger partial charge in [0.15, 0.2) is 0 Å². The molecule has 5 heteroatoms. The third kappa shape index (κ3) is 4.37. The van der Waals surface area contributed by atoms with Crippen molar-refractivity contribution in [3.05, 3.63) is 65.7 Å². The molecule has 0 spiro atoms. The molecule has 3 aliphatic carbocycles. The number of benzene rings is 2. The van der Waals surface area contributed by atoms with E-state index in [4.69, 9.17) is 4.74 Å². The predicted octanol–water partition coefficient (Wildman–Crippen LogP) is 6.38. The summed E-state index contributed by atoms with van der Waals surface area (Å²) in [4.78, 5) is 29.8. The summed E-state index contributed by atoms with van der Waals surface area (Å²) in [6.45, 7) is 4.94. The monoisotopic (exact) mass is 528 g/mol. The van der Waals surface area contributed by atoms with Crippen molar-refractivity contribution in [2.45, 2.75) is 77.3 Å². The van der Waals surface area contributed by atoms with Crippen LogP contribution in [0.25, 0.3) is 0 Å². The number of fused-ring (bicyclic) bond motifs is 5. The number of amides is 2. The highest BCUT2D eigenvalue weighted by atomic mass is 16.5. The topological polar surface area (TPSA) is 58.6 Å². The van der Waals surface area contributed by atoms with Gasteiger partial charge in [0.05, 0.1) is 13.2 Å². The molecule has 39 heavy (non-hydrogen) atoms. The molecule has 6 rings (SSSR count). The fourth-order valence-corrected chi connectivity index (χ4v) is 9.53. The third-order valence-electron chi connectivity index (χ3n) is 11.5. The van der Waals surface area contributed by atoms with Crippen molar-refractivity contribution in [3.8, 4) is 5.75 Å². The van der Waals surface area contributed by atoms with Gasteiger partial charge in [-0.05, 0) is 96.8 Å². The zero-order chi connectivity index (χ0) is 27.4. The number of carbonyl (C=O) groups is 2. The Hall–Kier alpha value is -2.82. The second-order valence-corrected chi connectivity index (χ2v) is 13.4. The van der Waals surface area contributed by atoms with Crippen molar-refractivity contribution >= 4 is 11.8 Å². The average Bonchev–Trinajstić information content (AvgIpc) is 3.36. The molecule has 0 aromatic heterocycles. The summed E-state index contributed by atoms with van der Waals surface area (Å²) in [5.41, 5.74) is 2.45. The van der Waals surface area contributed by atoms with E-state index in [-0.39, 0.29) is 29.3 Å². The number of nitrogens with zero attached hydrogens (tertiary/aromatic N) is 1. The second-order valence-electron chi connectivity index (χ2n) is 13.4. The molecule has 0 radical (unpaired) electrons. The lowest BCUT2D eigenvalue weighted by Crippen LogP contribution is -2.64. The molecule has 4 fully saturated rings. The fraction of sp³-hybridized carbons (Fsp3) is 0.588. The van der Waals surface area contributed by atoms with Gasteiger partial charge in [-0.1, -0.05) is 62.7 Å². The Kier molecular flexibility index (Phi) is 6.76. The highest BCUT2D eigenvalue weighted by Crippen LogP contribution is 2.65. The first kappa shape index (κ1) is 26.4. The first-order valence-electron chi connectivity index (χ1n) is 15.0. The lowest BCUT2D eigenvalue weighted by Gasteiger charge is -2.62. The van der Waals surface area contributed by atoms with Crippen LogP contribution in [-0.2, 0) is 9.59 Å². The molecule has 2 aromatic rings. The van der Waals surface area contributed by atoms with E-state index in [1.165, 1.54) is 38.5 Å². The van der Waals surface area contributed by atoms with Crippen LogP contribution in [-0.4, -0.2) is 36.9 Å². The number of hydrogen-bond donors (Lipinski definition) is 1. The van der Waals surface area contributed by atoms with Gasteiger partial charge in [-0.2, -0.15) is 0 Å². The van der Waals surface area contributed by atoms with Gasteiger partial charge in [-0.15, -0.1) is 0 Å². The number of likely N-dealkylation sites (tertiary alicyclic amines) is 1. The zero-order valence-electron chi connectivity index (χ0n) is 24.0. The highest BCUT2D eigenvalue weighted by Gasteiger charge is 2.61. The lowest BCUT2D eigenvalue weighted by molar-refractivity contribution is -0.169. The molecule has 1 heterocycles. The molecule has 208 valence electrons. The summed E-state index contributed by atoms with van der Waals surface area (Å²) in [5, 5.41) is 3.31. The number of nitrogens with one attached hydrogen (secondary N) is 1. The molecule has 3 saturated carbocycles. The van der Waals surface area contributed by atoms with Gasteiger partial charge in [-0.25, -0.2) is 0 Å². The minimum absolute atomic E-state index is 0.0171. The predicted molar refractivity (Wildman–Crippen MR) is 153 cm³/mol. The summed E-state index contributed by atoms with van der Waals surface area (Å²) < 4.78 is 5.36. The molecule has 1 N–H and O–H groups in total. The van der Waals surface area contributed by atoms with Crippen LogP contribution >= 0.6 is 0 Å². The van der Waals surface area contributed by atoms with E-state index in [2.05, 4.69) is 19.2 Å². The van der Waals surface area contributed by atoms with Crippen molar-refractivity contribution in [1.82, 2.24) is 10.2 Å². The van der Waals surface area contributed by atoms with Crippen molar-refractivity contribution < 1.29 is 14.3 Å². The van der Waals surface area contributed by atoms with Gasteiger partial charge in [-0.3, -0.25) is 9.59 Å². The van der Waals surface area contributed by atoms with E-state index < -0.39 is 5.92 Å². The Morgan fingerprint density at radius 2 is 1.67 bits per heavy atom. The van der Waals surface area contributed by atoms with Crippen LogP contribution in [0.15, 0.2) is 54.6 Å². The second kappa shape index (κ2) is 9.98. The summed E-state index contributed by atoms with van der Waals surface area (Å²) >= 11 is 0. The maximum absolute atomic E-state index is 14.1. The van der Waals surface area contributed by atoms with Crippen molar-refractivity contribution in [2.24, 2.45) is 34.5 Å². The number of ether oxygens (including phenoxy) is 1. The maximum Gasteiger partial charge on any atom is 0.235 e. The molecule has 1 saturated heterocycles. The minimum atomic E-state index is -0.656. The summed E-state index contributed by atoms with van der Waals surface area (Å²) in [7, 11) is 3.60. The zero-order valence-corrected chi connectivity index (χ0v) is 24.0. The van der Waals surface area contributed by atoms with Crippen LogP contribution in [0.1, 0.15) is 82.4 Å². The first-order chi connectivity index (χ1) is 18.7. The SMILES string of the molecule is COc1ccc(C(NC(=O)C2C[C@@]3(C)C(CC[C@@H]4[C@H]3CC[C@]3(C)CCC[C@@H]43)N(C)C2=O)c2ccccc2)cc1. The molecule has 5 nitrogen and oxygen atoms in total. The maximum atomic E-state index is 14.1. The third-order valence-corrected chi connectivity index (χ3v) is 11.5. The Labute approximate surface area is 233 Å². The Bertz CT molecular complexity index is 1210. The Morgan fingerprint density at radius 1 is 0.949 bits per heavy atom. The van der Waals surface area contributed by atoms with Crippen molar-refractivity contribution in [2.75, 3.05) is 14.2 Å². The first-order valence-corrected chi connectivity index (χ1v) is 15.0. The van der Waals surface area contributed by atoms with E-state index >= 15 is 0 Å². The molecule has 1 aliphatic heterocycles. The molecular weight excluding hydrogens is 484 g/mol. The van der Waals surface area contributed by atoms with E-state index in [1.54, 1.807) is 7.11 Å². The van der Waals surface area contributed by atoms with E-state index in [0.29, 0.717) is 17.8 Å². The molecular formula is C34H44N2O3. The molecule has 3 unspecified atom stereocenters. The summed E-state index contributed by atoms with van der Waals surface area (Å²) in [5.74, 6) is 2.08. The highest BCUT2D eigenvalue weighted by molar-refractivity contribution is 6.01. The largest absolute Gasteiger partial charge is 0.497 e. The molecule has 8 atom stereocenters. The molecule has 2 amide bonds. The lowest BCUT2D eigenvalue weighted by atomic mass is 9.47. The number of carbonyl (C=O) groups excluding carboxylic acids is 2.